The summed E-state index contributed by atoms with van der Waals surface area (Å²) in [6.45, 7) is 1.52. The SMILES string of the molecule is CC(=O)C=Cc1cncc(Br)c1. The maximum Gasteiger partial charge on any atom is 0.152 e. The third kappa shape index (κ3) is 2.96. The second kappa shape index (κ2) is 4.16. The lowest BCUT2D eigenvalue weighted by atomic mass is 10.2. The molecular formula is C9H8BrNO. The minimum Gasteiger partial charge on any atom is -0.295 e. The molecule has 0 aliphatic heterocycles. The molecule has 0 saturated carbocycles. The maximum atomic E-state index is 10.6. The van der Waals surface area contributed by atoms with Crippen LogP contribution >= 0.6 is 15.9 Å². The summed E-state index contributed by atoms with van der Waals surface area (Å²) in [5, 5.41) is 0. The van der Waals surface area contributed by atoms with E-state index in [1.807, 2.05) is 6.07 Å². The van der Waals surface area contributed by atoms with E-state index in [1.165, 1.54) is 13.0 Å². The lowest BCUT2D eigenvalue weighted by Gasteiger charge is -1.91. The van der Waals surface area contributed by atoms with E-state index in [0.29, 0.717) is 0 Å². The molecule has 0 saturated heterocycles. The molecule has 0 radical (unpaired) electrons. The molecule has 0 N–H and O–H groups in total. The lowest BCUT2D eigenvalue weighted by molar-refractivity contribution is -0.112. The highest BCUT2D eigenvalue weighted by Crippen LogP contribution is 2.10. The second-order valence-corrected chi connectivity index (χ2v) is 3.30. The Morgan fingerprint density at radius 3 is 2.92 bits per heavy atom. The number of allylic oxidation sites excluding steroid dienone is 1. The van der Waals surface area contributed by atoms with Gasteiger partial charge in [0.05, 0.1) is 0 Å². The first-order valence-corrected chi connectivity index (χ1v) is 4.27. The van der Waals surface area contributed by atoms with Crippen LogP contribution in [0, 0.1) is 0 Å². The molecular weight excluding hydrogens is 218 g/mol. The quantitative estimate of drug-likeness (QED) is 0.725. The number of hydrogen-bond acceptors (Lipinski definition) is 2. The Bertz CT molecular complexity index is 320. The molecule has 12 heavy (non-hydrogen) atoms. The summed E-state index contributed by atoms with van der Waals surface area (Å²) in [6, 6.07) is 1.90. The first-order valence-electron chi connectivity index (χ1n) is 3.47. The fourth-order valence-corrected chi connectivity index (χ4v) is 1.12. The summed E-state index contributed by atoms with van der Waals surface area (Å²) in [7, 11) is 0. The minimum atomic E-state index is 0.0370. The van der Waals surface area contributed by atoms with E-state index in [2.05, 4.69) is 20.9 Å². The highest BCUT2D eigenvalue weighted by Gasteiger charge is 1.89. The number of aromatic nitrogens is 1. The predicted molar refractivity (Wildman–Crippen MR) is 51.7 cm³/mol. The van der Waals surface area contributed by atoms with Gasteiger partial charge in [-0.2, -0.15) is 0 Å². The molecule has 0 amide bonds. The van der Waals surface area contributed by atoms with Gasteiger partial charge in [-0.1, -0.05) is 0 Å². The maximum absolute atomic E-state index is 10.6. The average molecular weight is 226 g/mol. The van der Waals surface area contributed by atoms with E-state index in [9.17, 15) is 4.79 Å². The first-order chi connectivity index (χ1) is 5.68. The van der Waals surface area contributed by atoms with Gasteiger partial charge in [0.1, 0.15) is 0 Å². The monoisotopic (exact) mass is 225 g/mol. The van der Waals surface area contributed by atoms with E-state index < -0.39 is 0 Å². The van der Waals surface area contributed by atoms with E-state index in [1.54, 1.807) is 18.5 Å². The van der Waals surface area contributed by atoms with Crippen LogP contribution in [0.25, 0.3) is 6.08 Å². The normalized spacial score (nSPS) is 10.5. The van der Waals surface area contributed by atoms with Crippen molar-refractivity contribution in [2.24, 2.45) is 0 Å². The van der Waals surface area contributed by atoms with Crippen LogP contribution in [-0.2, 0) is 4.79 Å². The smallest absolute Gasteiger partial charge is 0.152 e. The average Bonchev–Trinajstić information content (AvgIpc) is 2.01. The lowest BCUT2D eigenvalue weighted by Crippen LogP contribution is -1.81. The van der Waals surface area contributed by atoms with Crippen molar-refractivity contribution < 1.29 is 4.79 Å². The third-order valence-corrected chi connectivity index (χ3v) is 1.67. The molecule has 3 heteroatoms. The number of hydrogen-bond donors (Lipinski definition) is 0. The van der Waals surface area contributed by atoms with Gasteiger partial charge in [-0.25, -0.2) is 0 Å². The van der Waals surface area contributed by atoms with Gasteiger partial charge < -0.3 is 0 Å². The third-order valence-electron chi connectivity index (χ3n) is 1.24. The summed E-state index contributed by atoms with van der Waals surface area (Å²) < 4.78 is 0.910. The molecule has 1 heterocycles. The molecule has 0 unspecified atom stereocenters. The van der Waals surface area contributed by atoms with E-state index in [-0.39, 0.29) is 5.78 Å². The number of carbonyl (C=O) groups is 1. The van der Waals surface area contributed by atoms with Crippen LogP contribution in [0.5, 0.6) is 0 Å². The highest BCUT2D eigenvalue weighted by atomic mass is 79.9. The van der Waals surface area contributed by atoms with Crippen LogP contribution in [-0.4, -0.2) is 10.8 Å². The molecule has 62 valence electrons. The molecule has 0 fully saturated rings. The van der Waals surface area contributed by atoms with Crippen molar-refractivity contribution in [2.45, 2.75) is 6.92 Å². The van der Waals surface area contributed by atoms with Gasteiger partial charge in [0.2, 0.25) is 0 Å². The fourth-order valence-electron chi connectivity index (χ4n) is 0.733. The molecule has 2 nitrogen and oxygen atoms in total. The zero-order valence-corrected chi connectivity index (χ0v) is 8.21. The molecule has 1 aromatic rings. The molecule has 0 spiro atoms. The van der Waals surface area contributed by atoms with Crippen molar-refractivity contribution in [3.8, 4) is 0 Å². The van der Waals surface area contributed by atoms with Crippen LogP contribution in [0.4, 0.5) is 0 Å². The Balaban J connectivity index is 2.83. The van der Waals surface area contributed by atoms with Crippen LogP contribution in [0.2, 0.25) is 0 Å². The molecule has 0 aliphatic carbocycles. The predicted octanol–water partition coefficient (Wildman–Crippen LogP) is 2.45. The van der Waals surface area contributed by atoms with Crippen molar-refractivity contribution in [1.29, 1.82) is 0 Å². The van der Waals surface area contributed by atoms with Gasteiger partial charge in [-0.3, -0.25) is 9.78 Å². The standard InChI is InChI=1S/C9H8BrNO/c1-7(12)2-3-8-4-9(10)6-11-5-8/h2-6H,1H3. The van der Waals surface area contributed by atoms with Gasteiger partial charge in [0.15, 0.2) is 5.78 Å². The fraction of sp³-hybridized carbons (Fsp3) is 0.111. The second-order valence-electron chi connectivity index (χ2n) is 2.38. The van der Waals surface area contributed by atoms with Crippen molar-refractivity contribution in [2.75, 3.05) is 0 Å². The Morgan fingerprint density at radius 2 is 2.33 bits per heavy atom. The van der Waals surface area contributed by atoms with E-state index in [0.717, 1.165) is 10.0 Å². The molecule has 1 rings (SSSR count). The molecule has 0 aliphatic rings. The summed E-state index contributed by atoms with van der Waals surface area (Å²) in [5.74, 6) is 0.0370. The molecule has 0 bridgehead atoms. The van der Waals surface area contributed by atoms with Gasteiger partial charge in [0, 0.05) is 16.9 Å². The zero-order chi connectivity index (χ0) is 8.97. The number of carbonyl (C=O) groups excluding carboxylic acids is 1. The van der Waals surface area contributed by atoms with Gasteiger partial charge >= 0.3 is 0 Å². The number of nitrogens with zero attached hydrogens (tertiary/aromatic N) is 1. The zero-order valence-electron chi connectivity index (χ0n) is 6.62. The number of pyridine rings is 1. The molecule has 0 aromatic carbocycles. The first kappa shape index (κ1) is 9.13. The van der Waals surface area contributed by atoms with Crippen molar-refractivity contribution in [3.63, 3.8) is 0 Å². The topological polar surface area (TPSA) is 30.0 Å². The summed E-state index contributed by atoms with van der Waals surface area (Å²) >= 11 is 3.29. The number of ketones is 1. The Hall–Kier alpha value is -0.960. The summed E-state index contributed by atoms with van der Waals surface area (Å²) in [6.07, 6.45) is 6.65. The minimum absolute atomic E-state index is 0.0370. The Labute approximate surface area is 79.5 Å². The highest BCUT2D eigenvalue weighted by molar-refractivity contribution is 9.10. The summed E-state index contributed by atoms with van der Waals surface area (Å²) in [4.78, 5) is 14.5. The van der Waals surface area contributed by atoms with Gasteiger partial charge in [-0.05, 0) is 46.6 Å². The van der Waals surface area contributed by atoms with Crippen molar-refractivity contribution in [1.82, 2.24) is 4.98 Å². The van der Waals surface area contributed by atoms with Gasteiger partial charge in [0.25, 0.3) is 0 Å². The van der Waals surface area contributed by atoms with Crippen molar-refractivity contribution >= 4 is 27.8 Å². The van der Waals surface area contributed by atoms with Crippen LogP contribution in [0.15, 0.2) is 29.0 Å². The molecule has 0 atom stereocenters. The van der Waals surface area contributed by atoms with Crippen LogP contribution in [0.3, 0.4) is 0 Å². The van der Waals surface area contributed by atoms with E-state index >= 15 is 0 Å². The van der Waals surface area contributed by atoms with Crippen molar-refractivity contribution in [3.05, 3.63) is 34.6 Å². The summed E-state index contributed by atoms with van der Waals surface area (Å²) in [5.41, 5.74) is 0.916. The van der Waals surface area contributed by atoms with Gasteiger partial charge in [-0.15, -0.1) is 0 Å². The Kier molecular flexibility index (Phi) is 3.17. The van der Waals surface area contributed by atoms with Crippen LogP contribution < -0.4 is 0 Å². The Morgan fingerprint density at radius 1 is 1.58 bits per heavy atom. The number of rotatable bonds is 2. The van der Waals surface area contributed by atoms with Crippen LogP contribution in [0.1, 0.15) is 12.5 Å². The van der Waals surface area contributed by atoms with E-state index in [4.69, 9.17) is 0 Å². The molecule has 1 aromatic heterocycles. The largest absolute Gasteiger partial charge is 0.295 e. The number of halogens is 1.